The Morgan fingerprint density at radius 3 is 2.41 bits per heavy atom. The molecule has 0 aromatic carbocycles. The van der Waals surface area contributed by atoms with E-state index in [1.54, 1.807) is 0 Å². The zero-order valence-corrected chi connectivity index (χ0v) is 11.5. The standard InChI is InChI=1S/C12H22N4O/c1-7(10-8(2)16-17-9(10)3)14-11(13)15-12(4,5)6/h7H,1-6H3,(H3,13,14,15). The highest BCUT2D eigenvalue weighted by Gasteiger charge is 2.17. The third-order valence-corrected chi connectivity index (χ3v) is 2.34. The van der Waals surface area contributed by atoms with Gasteiger partial charge in [0.2, 0.25) is 0 Å². The molecule has 0 fully saturated rings. The maximum absolute atomic E-state index is 5.85. The largest absolute Gasteiger partial charge is 0.370 e. The summed E-state index contributed by atoms with van der Waals surface area (Å²) in [6.07, 6.45) is 0. The molecule has 0 spiro atoms. The van der Waals surface area contributed by atoms with Crippen molar-refractivity contribution in [3.05, 3.63) is 17.0 Å². The second-order valence-corrected chi connectivity index (χ2v) is 5.30. The Bertz CT molecular complexity index is 395. The predicted octanol–water partition coefficient (Wildman–Crippen LogP) is 2.06. The molecule has 1 aromatic heterocycles. The van der Waals surface area contributed by atoms with Crippen LogP contribution in [0.4, 0.5) is 0 Å². The van der Waals surface area contributed by atoms with Gasteiger partial charge in [-0.3, -0.25) is 0 Å². The molecule has 1 heterocycles. The number of rotatable bonds is 2. The second-order valence-electron chi connectivity index (χ2n) is 5.30. The van der Waals surface area contributed by atoms with Crippen LogP contribution in [0.25, 0.3) is 0 Å². The van der Waals surface area contributed by atoms with Crippen molar-refractivity contribution in [2.75, 3.05) is 0 Å². The molecule has 5 nitrogen and oxygen atoms in total. The molecule has 1 rings (SSSR count). The lowest BCUT2D eigenvalue weighted by Gasteiger charge is -2.21. The Morgan fingerprint density at radius 2 is 2.00 bits per heavy atom. The highest BCUT2D eigenvalue weighted by molar-refractivity contribution is 5.78. The van der Waals surface area contributed by atoms with Crippen LogP contribution in [-0.2, 0) is 0 Å². The highest BCUT2D eigenvalue weighted by atomic mass is 16.5. The summed E-state index contributed by atoms with van der Waals surface area (Å²) in [4.78, 5) is 4.41. The van der Waals surface area contributed by atoms with Crippen LogP contribution in [0.15, 0.2) is 9.52 Å². The smallest absolute Gasteiger partial charge is 0.189 e. The van der Waals surface area contributed by atoms with E-state index >= 15 is 0 Å². The molecular formula is C12H22N4O. The lowest BCUT2D eigenvalue weighted by atomic mass is 10.1. The summed E-state index contributed by atoms with van der Waals surface area (Å²) in [5.41, 5.74) is 7.63. The summed E-state index contributed by atoms with van der Waals surface area (Å²) in [5, 5.41) is 7.04. The van der Waals surface area contributed by atoms with Crippen molar-refractivity contribution in [2.24, 2.45) is 10.7 Å². The SMILES string of the molecule is Cc1noc(C)c1C(C)N=C(N)NC(C)(C)C. The lowest BCUT2D eigenvalue weighted by molar-refractivity contribution is 0.391. The number of nitrogens with one attached hydrogen (secondary N) is 1. The van der Waals surface area contributed by atoms with Crippen molar-refractivity contribution in [1.29, 1.82) is 0 Å². The second kappa shape index (κ2) is 4.77. The summed E-state index contributed by atoms with van der Waals surface area (Å²) in [7, 11) is 0. The fourth-order valence-corrected chi connectivity index (χ4v) is 1.78. The lowest BCUT2D eigenvalue weighted by Crippen LogP contribution is -2.45. The van der Waals surface area contributed by atoms with Crippen LogP contribution in [0.2, 0.25) is 0 Å². The minimum Gasteiger partial charge on any atom is -0.370 e. The number of aromatic nitrogens is 1. The number of hydrogen-bond acceptors (Lipinski definition) is 3. The molecular weight excluding hydrogens is 216 g/mol. The van der Waals surface area contributed by atoms with E-state index in [-0.39, 0.29) is 11.6 Å². The van der Waals surface area contributed by atoms with Gasteiger partial charge in [-0.05, 0) is 41.5 Å². The first-order chi connectivity index (χ1) is 7.70. The van der Waals surface area contributed by atoms with Gasteiger partial charge in [-0.15, -0.1) is 0 Å². The predicted molar refractivity (Wildman–Crippen MR) is 68.9 cm³/mol. The maximum atomic E-state index is 5.85. The molecule has 0 radical (unpaired) electrons. The van der Waals surface area contributed by atoms with Crippen LogP contribution in [0.5, 0.6) is 0 Å². The summed E-state index contributed by atoms with van der Waals surface area (Å²) in [5.74, 6) is 1.23. The first-order valence-corrected chi connectivity index (χ1v) is 5.75. The summed E-state index contributed by atoms with van der Waals surface area (Å²) in [6, 6.07) is -0.0592. The topological polar surface area (TPSA) is 76.4 Å². The first kappa shape index (κ1) is 13.5. The van der Waals surface area contributed by atoms with Gasteiger partial charge in [0, 0.05) is 11.1 Å². The molecule has 0 saturated carbocycles. The molecule has 1 atom stereocenters. The Kier molecular flexibility index (Phi) is 3.80. The molecule has 0 saturated heterocycles. The molecule has 3 N–H and O–H groups in total. The Hall–Kier alpha value is -1.52. The zero-order chi connectivity index (χ0) is 13.2. The van der Waals surface area contributed by atoms with Crippen molar-refractivity contribution < 1.29 is 4.52 Å². The average molecular weight is 238 g/mol. The summed E-state index contributed by atoms with van der Waals surface area (Å²) < 4.78 is 5.12. The molecule has 5 heteroatoms. The Balaban J connectivity index is 2.85. The van der Waals surface area contributed by atoms with Crippen molar-refractivity contribution >= 4 is 5.96 Å². The Labute approximate surface area is 102 Å². The summed E-state index contributed by atoms with van der Waals surface area (Å²) >= 11 is 0. The van der Waals surface area contributed by atoms with Gasteiger partial charge in [-0.1, -0.05) is 5.16 Å². The van der Waals surface area contributed by atoms with Crippen molar-refractivity contribution in [3.63, 3.8) is 0 Å². The number of aryl methyl sites for hydroxylation is 2. The van der Waals surface area contributed by atoms with E-state index in [1.807, 2.05) is 41.5 Å². The number of nitrogens with zero attached hydrogens (tertiary/aromatic N) is 2. The van der Waals surface area contributed by atoms with Gasteiger partial charge in [-0.2, -0.15) is 0 Å². The molecule has 0 bridgehead atoms. The van der Waals surface area contributed by atoms with E-state index in [0.29, 0.717) is 5.96 Å². The van der Waals surface area contributed by atoms with Gasteiger partial charge in [0.15, 0.2) is 5.96 Å². The minimum absolute atomic E-state index is 0.0592. The molecule has 17 heavy (non-hydrogen) atoms. The van der Waals surface area contributed by atoms with Gasteiger partial charge < -0.3 is 15.6 Å². The number of nitrogens with two attached hydrogens (primary N) is 1. The van der Waals surface area contributed by atoms with Crippen molar-refractivity contribution in [1.82, 2.24) is 10.5 Å². The van der Waals surface area contributed by atoms with Gasteiger partial charge >= 0.3 is 0 Å². The summed E-state index contributed by atoms with van der Waals surface area (Å²) in [6.45, 7) is 11.9. The van der Waals surface area contributed by atoms with Gasteiger partial charge in [0.25, 0.3) is 0 Å². The van der Waals surface area contributed by atoms with Crippen LogP contribution in [0.1, 0.15) is 50.8 Å². The van der Waals surface area contributed by atoms with Crippen LogP contribution < -0.4 is 11.1 Å². The minimum atomic E-state index is -0.0912. The van der Waals surface area contributed by atoms with Crippen molar-refractivity contribution in [3.8, 4) is 0 Å². The van der Waals surface area contributed by atoms with E-state index in [0.717, 1.165) is 17.0 Å². The molecule has 96 valence electrons. The van der Waals surface area contributed by atoms with Crippen LogP contribution in [0, 0.1) is 13.8 Å². The number of aliphatic imine (C=N–C) groups is 1. The molecule has 0 aliphatic rings. The van der Waals surface area contributed by atoms with E-state index in [9.17, 15) is 0 Å². The molecule has 1 unspecified atom stereocenters. The van der Waals surface area contributed by atoms with Gasteiger partial charge in [0.1, 0.15) is 5.76 Å². The quantitative estimate of drug-likeness (QED) is 0.610. The number of guanidine groups is 1. The maximum Gasteiger partial charge on any atom is 0.189 e. The zero-order valence-electron chi connectivity index (χ0n) is 11.5. The Morgan fingerprint density at radius 1 is 1.41 bits per heavy atom. The third-order valence-electron chi connectivity index (χ3n) is 2.34. The fourth-order valence-electron chi connectivity index (χ4n) is 1.78. The number of hydrogen-bond donors (Lipinski definition) is 2. The van der Waals surface area contributed by atoms with Crippen LogP contribution in [-0.4, -0.2) is 16.7 Å². The van der Waals surface area contributed by atoms with E-state index in [1.165, 1.54) is 0 Å². The van der Waals surface area contributed by atoms with Crippen LogP contribution >= 0.6 is 0 Å². The van der Waals surface area contributed by atoms with E-state index < -0.39 is 0 Å². The first-order valence-electron chi connectivity index (χ1n) is 5.75. The van der Waals surface area contributed by atoms with Gasteiger partial charge in [0.05, 0.1) is 11.7 Å². The molecule has 0 aliphatic heterocycles. The highest BCUT2D eigenvalue weighted by Crippen LogP contribution is 2.23. The average Bonchev–Trinajstić information content (AvgIpc) is 2.42. The van der Waals surface area contributed by atoms with Crippen molar-refractivity contribution in [2.45, 2.75) is 53.1 Å². The monoisotopic (exact) mass is 238 g/mol. The normalized spacial score (nSPS) is 14.8. The van der Waals surface area contributed by atoms with Gasteiger partial charge in [-0.25, -0.2) is 4.99 Å². The van der Waals surface area contributed by atoms with Crippen LogP contribution in [0.3, 0.4) is 0 Å². The molecule has 1 aromatic rings. The van der Waals surface area contributed by atoms with E-state index in [2.05, 4.69) is 15.5 Å². The fraction of sp³-hybridized carbons (Fsp3) is 0.667. The molecule has 0 amide bonds. The third kappa shape index (κ3) is 3.76. The molecule has 0 aliphatic carbocycles. The van der Waals surface area contributed by atoms with E-state index in [4.69, 9.17) is 10.3 Å².